The van der Waals surface area contributed by atoms with Gasteiger partial charge in [0.15, 0.2) is 0 Å². The van der Waals surface area contributed by atoms with Gasteiger partial charge in [0.05, 0.1) is 10.6 Å². The van der Waals surface area contributed by atoms with Gasteiger partial charge in [0.1, 0.15) is 11.6 Å². The van der Waals surface area contributed by atoms with E-state index in [4.69, 9.17) is 11.6 Å². The molecule has 1 fully saturated rings. The molecule has 0 saturated carbocycles. The molecule has 0 spiro atoms. The van der Waals surface area contributed by atoms with Crippen molar-refractivity contribution < 1.29 is 9.18 Å². The Morgan fingerprint density at radius 3 is 2.58 bits per heavy atom. The minimum Gasteiger partial charge on any atom is -0.353 e. The van der Waals surface area contributed by atoms with Gasteiger partial charge in [-0.1, -0.05) is 11.6 Å². The fraction of sp³-hybridized carbons (Fsp3) is 0.294. The Balaban J connectivity index is 1.69. The minimum atomic E-state index is -0.446. The molecule has 7 heteroatoms. The lowest BCUT2D eigenvalue weighted by Gasteiger charge is -2.36. The van der Waals surface area contributed by atoms with E-state index in [1.54, 1.807) is 11.1 Å². The standard InChI is InChI=1S/C17H16BrClFN3O/c1-11-8-12(18)10-21-16(11)22-4-6-23(7-5-22)17(24)14-3-2-13(20)9-15(14)19/h2-3,8-10H,4-7H2,1H3. The maximum atomic E-state index is 13.1. The van der Waals surface area contributed by atoms with Crippen molar-refractivity contribution in [3.05, 3.63) is 56.9 Å². The Kier molecular flexibility index (Phi) is 5.06. The van der Waals surface area contributed by atoms with Crippen molar-refractivity contribution in [3.8, 4) is 0 Å². The first-order valence-electron chi connectivity index (χ1n) is 7.57. The normalized spacial score (nSPS) is 14.8. The summed E-state index contributed by atoms with van der Waals surface area (Å²) in [4.78, 5) is 20.9. The smallest absolute Gasteiger partial charge is 0.255 e. The summed E-state index contributed by atoms with van der Waals surface area (Å²) in [5.41, 5.74) is 1.43. The highest BCUT2D eigenvalue weighted by Crippen LogP contribution is 2.23. The highest BCUT2D eigenvalue weighted by atomic mass is 79.9. The number of aromatic nitrogens is 1. The van der Waals surface area contributed by atoms with Crippen LogP contribution >= 0.6 is 27.5 Å². The molecule has 0 N–H and O–H groups in total. The molecule has 1 aliphatic heterocycles. The summed E-state index contributed by atoms with van der Waals surface area (Å²) in [6, 6.07) is 5.88. The summed E-state index contributed by atoms with van der Waals surface area (Å²) >= 11 is 9.40. The molecular formula is C17H16BrClFN3O. The number of carbonyl (C=O) groups is 1. The predicted molar refractivity (Wildman–Crippen MR) is 96.2 cm³/mol. The lowest BCUT2D eigenvalue weighted by atomic mass is 10.1. The molecule has 0 aliphatic carbocycles. The van der Waals surface area contributed by atoms with Crippen LogP contribution in [0, 0.1) is 12.7 Å². The third-order valence-electron chi connectivity index (χ3n) is 4.05. The summed E-state index contributed by atoms with van der Waals surface area (Å²) in [7, 11) is 0. The molecule has 4 nitrogen and oxygen atoms in total. The Bertz CT molecular complexity index is 778. The molecule has 126 valence electrons. The van der Waals surface area contributed by atoms with Gasteiger partial charge < -0.3 is 9.80 Å². The molecule has 0 unspecified atom stereocenters. The first kappa shape index (κ1) is 17.2. The number of hydrogen-bond donors (Lipinski definition) is 0. The number of amides is 1. The summed E-state index contributed by atoms with van der Waals surface area (Å²) < 4.78 is 14.1. The van der Waals surface area contributed by atoms with E-state index in [-0.39, 0.29) is 10.9 Å². The Morgan fingerprint density at radius 2 is 1.96 bits per heavy atom. The molecule has 0 atom stereocenters. The number of aryl methyl sites for hydroxylation is 1. The van der Waals surface area contributed by atoms with Gasteiger partial charge in [-0.2, -0.15) is 0 Å². The third kappa shape index (κ3) is 3.54. The fourth-order valence-corrected chi connectivity index (χ4v) is 3.51. The predicted octanol–water partition coefficient (Wildman–Crippen LogP) is 3.91. The number of halogens is 3. The van der Waals surface area contributed by atoms with Crippen molar-refractivity contribution in [1.29, 1.82) is 0 Å². The van der Waals surface area contributed by atoms with Crippen LogP contribution < -0.4 is 4.90 Å². The molecular weight excluding hydrogens is 397 g/mol. The SMILES string of the molecule is Cc1cc(Br)cnc1N1CCN(C(=O)c2ccc(F)cc2Cl)CC1. The summed E-state index contributed by atoms with van der Waals surface area (Å²) in [5, 5.41) is 0.146. The summed E-state index contributed by atoms with van der Waals surface area (Å²) in [6.07, 6.45) is 1.78. The second-order valence-corrected chi connectivity index (χ2v) is 7.02. The van der Waals surface area contributed by atoms with Gasteiger partial charge >= 0.3 is 0 Å². The van der Waals surface area contributed by atoms with Crippen LogP contribution in [0.2, 0.25) is 5.02 Å². The van der Waals surface area contributed by atoms with Crippen LogP contribution in [0.4, 0.5) is 10.2 Å². The van der Waals surface area contributed by atoms with E-state index in [2.05, 4.69) is 25.8 Å². The largest absolute Gasteiger partial charge is 0.353 e. The number of carbonyl (C=O) groups excluding carboxylic acids is 1. The van der Waals surface area contributed by atoms with Crippen LogP contribution in [-0.2, 0) is 0 Å². The Labute approximate surface area is 153 Å². The molecule has 1 amide bonds. The molecule has 3 rings (SSSR count). The highest BCUT2D eigenvalue weighted by Gasteiger charge is 2.25. The second-order valence-electron chi connectivity index (χ2n) is 5.70. The molecule has 0 bridgehead atoms. The monoisotopic (exact) mass is 411 g/mol. The number of hydrogen-bond acceptors (Lipinski definition) is 3. The second kappa shape index (κ2) is 7.07. The Morgan fingerprint density at radius 1 is 1.25 bits per heavy atom. The number of anilines is 1. The van der Waals surface area contributed by atoms with Gasteiger partial charge in [0.25, 0.3) is 5.91 Å². The van der Waals surface area contributed by atoms with Crippen LogP contribution in [-0.4, -0.2) is 42.0 Å². The van der Waals surface area contributed by atoms with E-state index in [1.807, 2.05) is 13.0 Å². The number of piperazine rings is 1. The lowest BCUT2D eigenvalue weighted by molar-refractivity contribution is 0.0746. The van der Waals surface area contributed by atoms with Crippen molar-refractivity contribution in [1.82, 2.24) is 9.88 Å². The average molecular weight is 413 g/mol. The first-order valence-corrected chi connectivity index (χ1v) is 8.74. The molecule has 1 aromatic carbocycles. The van der Waals surface area contributed by atoms with Gasteiger partial charge in [0, 0.05) is 36.8 Å². The number of rotatable bonds is 2. The first-order chi connectivity index (χ1) is 11.5. The van der Waals surface area contributed by atoms with E-state index in [0.29, 0.717) is 31.7 Å². The van der Waals surface area contributed by atoms with Crippen LogP contribution in [0.5, 0.6) is 0 Å². The molecule has 0 radical (unpaired) electrons. The van der Waals surface area contributed by atoms with E-state index >= 15 is 0 Å². The van der Waals surface area contributed by atoms with E-state index in [0.717, 1.165) is 15.9 Å². The van der Waals surface area contributed by atoms with Crippen LogP contribution in [0.25, 0.3) is 0 Å². The summed E-state index contributed by atoms with van der Waals surface area (Å²) in [6.45, 7) is 4.55. The molecule has 1 aromatic heterocycles. The van der Waals surface area contributed by atoms with Crippen LogP contribution in [0.3, 0.4) is 0 Å². The van der Waals surface area contributed by atoms with Gasteiger partial charge in [-0.05, 0) is 52.7 Å². The van der Waals surface area contributed by atoms with Crippen molar-refractivity contribution in [2.45, 2.75) is 6.92 Å². The Hall–Kier alpha value is -1.66. The molecule has 2 heterocycles. The van der Waals surface area contributed by atoms with E-state index in [9.17, 15) is 9.18 Å². The number of pyridine rings is 1. The zero-order valence-electron chi connectivity index (χ0n) is 13.1. The maximum absolute atomic E-state index is 13.1. The topological polar surface area (TPSA) is 36.4 Å². The van der Waals surface area contributed by atoms with Crippen molar-refractivity contribution in [3.63, 3.8) is 0 Å². The van der Waals surface area contributed by atoms with Crippen molar-refractivity contribution in [2.24, 2.45) is 0 Å². The van der Waals surface area contributed by atoms with E-state index < -0.39 is 5.82 Å². The molecule has 24 heavy (non-hydrogen) atoms. The molecule has 1 aliphatic rings. The van der Waals surface area contributed by atoms with Crippen molar-refractivity contribution in [2.75, 3.05) is 31.1 Å². The van der Waals surface area contributed by atoms with Crippen molar-refractivity contribution >= 4 is 39.3 Å². The molecule has 1 saturated heterocycles. The van der Waals surface area contributed by atoms with Gasteiger partial charge in [0.2, 0.25) is 0 Å². The zero-order chi connectivity index (χ0) is 17.3. The van der Waals surface area contributed by atoms with Crippen LogP contribution in [0.15, 0.2) is 34.9 Å². The van der Waals surface area contributed by atoms with Gasteiger partial charge in [-0.15, -0.1) is 0 Å². The highest BCUT2D eigenvalue weighted by molar-refractivity contribution is 9.10. The fourth-order valence-electron chi connectivity index (χ4n) is 2.82. The third-order valence-corrected chi connectivity index (χ3v) is 4.79. The van der Waals surface area contributed by atoms with Gasteiger partial charge in [-0.3, -0.25) is 4.79 Å². The quantitative estimate of drug-likeness (QED) is 0.750. The molecule has 2 aromatic rings. The minimum absolute atomic E-state index is 0.146. The number of benzene rings is 1. The van der Waals surface area contributed by atoms with E-state index in [1.165, 1.54) is 18.2 Å². The number of nitrogens with zero attached hydrogens (tertiary/aromatic N) is 3. The zero-order valence-corrected chi connectivity index (χ0v) is 15.4. The van der Waals surface area contributed by atoms with Gasteiger partial charge in [-0.25, -0.2) is 9.37 Å². The average Bonchev–Trinajstić information content (AvgIpc) is 2.54. The summed E-state index contributed by atoms with van der Waals surface area (Å²) in [5.74, 6) is 0.323. The lowest BCUT2D eigenvalue weighted by Crippen LogP contribution is -2.49. The maximum Gasteiger partial charge on any atom is 0.255 e. The van der Waals surface area contributed by atoms with Crippen LogP contribution in [0.1, 0.15) is 15.9 Å².